The van der Waals surface area contributed by atoms with Crippen LogP contribution in [0.2, 0.25) is 0 Å². The molecule has 0 atom stereocenters. The molecule has 29 heavy (non-hydrogen) atoms. The number of carbonyl (C=O) groups is 1. The molecule has 166 valence electrons. The molecule has 0 saturated carbocycles. The number of unbranched alkanes of at least 4 members (excludes halogenated alkanes) is 4. The lowest BCUT2D eigenvalue weighted by Gasteiger charge is -2.38. The van der Waals surface area contributed by atoms with Gasteiger partial charge in [-0.25, -0.2) is 4.57 Å². The number of hydrogen-bond donors (Lipinski definition) is 3. The summed E-state index contributed by atoms with van der Waals surface area (Å²) in [6.07, 6.45) is 7.21. The number of amides is 1. The van der Waals surface area contributed by atoms with Crippen molar-refractivity contribution in [2.45, 2.75) is 64.4 Å². The molecule has 1 aromatic rings. The summed E-state index contributed by atoms with van der Waals surface area (Å²) in [6, 6.07) is 8.13. The molecule has 0 aromatic heterocycles. The molecule has 5 N–H and O–H groups in total. The quantitative estimate of drug-likeness (QED) is 0.320. The Bertz CT molecular complexity index is 660. The van der Waals surface area contributed by atoms with E-state index in [1.54, 1.807) is 4.90 Å². The number of carbonyl (C=O) groups excluding carboxylic acids is 1. The maximum atomic E-state index is 12.1. The molecule has 0 aliphatic carbocycles. The molecule has 0 radical (unpaired) electrons. The SMILES string of the molecule is CCCCCCOc1cccc(CCCCC(=O)N2CC(OP(=O)(O)O)C2)c1.N. The molecular weight excluding hydrogens is 395 g/mol. The van der Waals surface area contributed by atoms with Crippen LogP contribution < -0.4 is 10.9 Å². The van der Waals surface area contributed by atoms with Crippen molar-refractivity contribution in [3.05, 3.63) is 29.8 Å². The second kappa shape index (κ2) is 13.0. The third-order valence-electron chi connectivity index (χ3n) is 4.76. The van der Waals surface area contributed by atoms with Crippen LogP contribution in [0.5, 0.6) is 5.75 Å². The van der Waals surface area contributed by atoms with Crippen LogP contribution in [-0.4, -0.2) is 46.4 Å². The zero-order valence-electron chi connectivity index (χ0n) is 17.3. The highest BCUT2D eigenvalue weighted by atomic mass is 31.2. The summed E-state index contributed by atoms with van der Waals surface area (Å²) in [4.78, 5) is 31.1. The standard InChI is InChI=1S/C20H32NO6P.H3N/c1-2-3-4-7-13-26-18-11-8-10-17(14-18)9-5-6-12-20(22)21-15-19(16-21)27-28(23,24)25;/h8,10-11,14,19H,2-7,9,12-13,15-16H2,1H3,(H2,23,24,25);1H3. The molecule has 0 bridgehead atoms. The average molecular weight is 430 g/mol. The normalized spacial score (nSPS) is 14.2. The molecule has 0 unspecified atom stereocenters. The molecule has 8 nitrogen and oxygen atoms in total. The predicted octanol–water partition coefficient (Wildman–Crippen LogP) is 3.84. The van der Waals surface area contributed by atoms with Gasteiger partial charge in [-0.05, 0) is 43.4 Å². The Hall–Kier alpha value is -1.44. The van der Waals surface area contributed by atoms with E-state index in [9.17, 15) is 9.36 Å². The van der Waals surface area contributed by atoms with Crippen molar-refractivity contribution in [3.8, 4) is 5.75 Å². The molecular formula is C20H35N2O6P. The van der Waals surface area contributed by atoms with Crippen molar-refractivity contribution >= 4 is 13.7 Å². The number of rotatable bonds is 13. The fourth-order valence-electron chi connectivity index (χ4n) is 3.18. The smallest absolute Gasteiger partial charge is 0.469 e. The zero-order valence-corrected chi connectivity index (χ0v) is 18.2. The molecule has 1 heterocycles. The van der Waals surface area contributed by atoms with Gasteiger partial charge in [0.05, 0.1) is 6.61 Å². The highest BCUT2D eigenvalue weighted by Crippen LogP contribution is 2.39. The van der Waals surface area contributed by atoms with Crippen molar-refractivity contribution in [3.63, 3.8) is 0 Å². The van der Waals surface area contributed by atoms with Gasteiger partial charge < -0.3 is 25.6 Å². The third kappa shape index (κ3) is 10.2. The molecule has 1 saturated heterocycles. The summed E-state index contributed by atoms with van der Waals surface area (Å²) in [6.45, 7) is 3.45. The van der Waals surface area contributed by atoms with Crippen LogP contribution in [0.3, 0.4) is 0 Å². The number of aryl methyl sites for hydroxylation is 1. The number of benzene rings is 1. The molecule has 2 rings (SSSR count). The van der Waals surface area contributed by atoms with E-state index >= 15 is 0 Å². The average Bonchev–Trinajstić information content (AvgIpc) is 2.61. The Labute approximate surface area is 173 Å². The van der Waals surface area contributed by atoms with Gasteiger partial charge in [0.1, 0.15) is 11.9 Å². The van der Waals surface area contributed by atoms with E-state index in [4.69, 9.17) is 14.5 Å². The van der Waals surface area contributed by atoms with Gasteiger partial charge in [0, 0.05) is 19.5 Å². The topological polar surface area (TPSA) is 131 Å². The lowest BCUT2D eigenvalue weighted by Crippen LogP contribution is -2.54. The van der Waals surface area contributed by atoms with Gasteiger partial charge >= 0.3 is 7.82 Å². The molecule has 1 aromatic carbocycles. The predicted molar refractivity (Wildman–Crippen MR) is 112 cm³/mol. The molecule has 0 spiro atoms. The first-order valence-electron chi connectivity index (χ1n) is 10.1. The summed E-state index contributed by atoms with van der Waals surface area (Å²) in [5.41, 5.74) is 1.21. The first kappa shape index (κ1) is 25.6. The van der Waals surface area contributed by atoms with Gasteiger partial charge in [-0.1, -0.05) is 38.3 Å². The van der Waals surface area contributed by atoms with Gasteiger partial charge in [0.15, 0.2) is 0 Å². The first-order valence-corrected chi connectivity index (χ1v) is 11.6. The van der Waals surface area contributed by atoms with E-state index in [0.717, 1.165) is 38.0 Å². The maximum absolute atomic E-state index is 12.1. The Morgan fingerprint density at radius 2 is 1.93 bits per heavy atom. The van der Waals surface area contributed by atoms with Crippen LogP contribution in [0.15, 0.2) is 24.3 Å². The highest BCUT2D eigenvalue weighted by molar-refractivity contribution is 7.46. The monoisotopic (exact) mass is 430 g/mol. The third-order valence-corrected chi connectivity index (χ3v) is 5.33. The fraction of sp³-hybridized carbons (Fsp3) is 0.650. The lowest BCUT2D eigenvalue weighted by molar-refractivity contribution is -0.140. The number of hydrogen-bond acceptors (Lipinski definition) is 5. The van der Waals surface area contributed by atoms with E-state index in [2.05, 4.69) is 23.6 Å². The van der Waals surface area contributed by atoms with Crippen molar-refractivity contribution in [1.82, 2.24) is 11.1 Å². The summed E-state index contributed by atoms with van der Waals surface area (Å²) in [5, 5.41) is 0. The summed E-state index contributed by atoms with van der Waals surface area (Å²) >= 11 is 0. The van der Waals surface area contributed by atoms with Gasteiger partial charge in [0.2, 0.25) is 5.91 Å². The Balaban J connectivity index is 0.00000420. The Morgan fingerprint density at radius 1 is 1.17 bits per heavy atom. The Morgan fingerprint density at radius 3 is 2.62 bits per heavy atom. The fourth-order valence-corrected chi connectivity index (χ4v) is 3.70. The second-order valence-electron chi connectivity index (χ2n) is 7.28. The van der Waals surface area contributed by atoms with Crippen LogP contribution in [0.25, 0.3) is 0 Å². The van der Waals surface area contributed by atoms with Crippen LogP contribution in [0.4, 0.5) is 0 Å². The van der Waals surface area contributed by atoms with Gasteiger partial charge in [0.25, 0.3) is 0 Å². The summed E-state index contributed by atoms with van der Waals surface area (Å²) in [5.74, 6) is 0.913. The number of nitrogens with zero attached hydrogens (tertiary/aromatic N) is 1. The van der Waals surface area contributed by atoms with Crippen molar-refractivity contribution in [1.29, 1.82) is 0 Å². The number of ether oxygens (including phenoxy) is 1. The molecule has 1 aliphatic heterocycles. The second-order valence-corrected chi connectivity index (χ2v) is 8.47. The van der Waals surface area contributed by atoms with E-state index in [1.165, 1.54) is 24.8 Å². The van der Waals surface area contributed by atoms with E-state index in [-0.39, 0.29) is 25.1 Å². The zero-order chi connectivity index (χ0) is 20.4. The minimum atomic E-state index is -4.47. The highest BCUT2D eigenvalue weighted by Gasteiger charge is 2.35. The molecule has 1 fully saturated rings. The largest absolute Gasteiger partial charge is 0.494 e. The van der Waals surface area contributed by atoms with Crippen LogP contribution >= 0.6 is 7.82 Å². The summed E-state index contributed by atoms with van der Waals surface area (Å²) < 4.78 is 21.1. The Kier molecular flexibility index (Phi) is 11.5. The summed E-state index contributed by atoms with van der Waals surface area (Å²) in [7, 11) is -4.47. The lowest BCUT2D eigenvalue weighted by atomic mass is 10.1. The number of phosphoric ester groups is 1. The number of likely N-dealkylation sites (tertiary alicyclic amines) is 1. The molecule has 9 heteroatoms. The van der Waals surface area contributed by atoms with Crippen LogP contribution in [0, 0.1) is 0 Å². The first-order chi connectivity index (χ1) is 13.4. The maximum Gasteiger partial charge on any atom is 0.469 e. The number of phosphoric acid groups is 1. The molecule has 1 aliphatic rings. The van der Waals surface area contributed by atoms with Crippen LogP contribution in [-0.2, 0) is 20.3 Å². The van der Waals surface area contributed by atoms with E-state index < -0.39 is 13.9 Å². The van der Waals surface area contributed by atoms with Gasteiger partial charge in [-0.15, -0.1) is 0 Å². The van der Waals surface area contributed by atoms with Crippen LogP contribution in [0.1, 0.15) is 57.4 Å². The van der Waals surface area contributed by atoms with Crippen molar-refractivity contribution in [2.75, 3.05) is 19.7 Å². The van der Waals surface area contributed by atoms with Crippen molar-refractivity contribution < 1.29 is 28.4 Å². The van der Waals surface area contributed by atoms with Crippen molar-refractivity contribution in [2.24, 2.45) is 0 Å². The van der Waals surface area contributed by atoms with E-state index in [1.807, 2.05) is 12.1 Å². The van der Waals surface area contributed by atoms with E-state index in [0.29, 0.717) is 6.42 Å². The minimum absolute atomic E-state index is 0. The van der Waals surface area contributed by atoms with Gasteiger partial charge in [-0.2, -0.15) is 0 Å². The minimum Gasteiger partial charge on any atom is -0.494 e. The van der Waals surface area contributed by atoms with Gasteiger partial charge in [-0.3, -0.25) is 9.32 Å². The molecule has 1 amide bonds.